The second kappa shape index (κ2) is 7.72. The molecule has 1 amide bonds. The number of anilines is 2. The van der Waals surface area contributed by atoms with Gasteiger partial charge in [0.2, 0.25) is 5.95 Å². The summed E-state index contributed by atoms with van der Waals surface area (Å²) in [6, 6.07) is 12.5. The van der Waals surface area contributed by atoms with E-state index >= 15 is 0 Å². The molecule has 0 saturated heterocycles. The number of carbonyl (C=O) groups is 1. The van der Waals surface area contributed by atoms with Gasteiger partial charge in [-0.1, -0.05) is 23.7 Å². The monoisotopic (exact) mass is 353 g/mol. The van der Waals surface area contributed by atoms with E-state index in [4.69, 9.17) is 11.6 Å². The Bertz CT molecular complexity index is 886. The molecule has 0 fully saturated rings. The summed E-state index contributed by atoms with van der Waals surface area (Å²) in [7, 11) is 0. The van der Waals surface area contributed by atoms with Gasteiger partial charge in [0.25, 0.3) is 5.91 Å². The molecule has 7 heteroatoms. The number of amides is 1. The van der Waals surface area contributed by atoms with Gasteiger partial charge in [-0.15, -0.1) is 0 Å². The van der Waals surface area contributed by atoms with Crippen LogP contribution in [0.3, 0.4) is 0 Å². The van der Waals surface area contributed by atoms with Crippen LogP contribution in [0.1, 0.15) is 21.7 Å². The zero-order chi connectivity index (χ0) is 17.6. The Kier molecular flexibility index (Phi) is 5.20. The third-order valence-corrected chi connectivity index (χ3v) is 3.88. The summed E-state index contributed by atoms with van der Waals surface area (Å²) >= 11 is 6.08. The van der Waals surface area contributed by atoms with Gasteiger partial charge in [-0.25, -0.2) is 9.97 Å². The summed E-state index contributed by atoms with van der Waals surface area (Å²) in [6.45, 7) is 2.37. The maximum atomic E-state index is 12.4. The van der Waals surface area contributed by atoms with Gasteiger partial charge in [0.1, 0.15) is 5.69 Å². The number of rotatable bonds is 5. The molecule has 0 aliphatic rings. The molecule has 2 heterocycles. The first-order valence-corrected chi connectivity index (χ1v) is 8.04. The molecule has 3 aromatic rings. The van der Waals surface area contributed by atoms with Crippen molar-refractivity contribution in [3.63, 3.8) is 0 Å². The molecular weight excluding hydrogens is 338 g/mol. The lowest BCUT2D eigenvalue weighted by molar-refractivity contribution is 0.102. The molecule has 2 aromatic heterocycles. The smallest absolute Gasteiger partial charge is 0.274 e. The molecule has 6 nitrogen and oxygen atoms in total. The molecule has 0 aliphatic heterocycles. The summed E-state index contributed by atoms with van der Waals surface area (Å²) in [5, 5.41) is 6.42. The van der Waals surface area contributed by atoms with Crippen molar-refractivity contribution >= 4 is 29.1 Å². The van der Waals surface area contributed by atoms with Gasteiger partial charge in [0, 0.05) is 23.1 Å². The van der Waals surface area contributed by atoms with E-state index in [1.54, 1.807) is 24.4 Å². The topological polar surface area (TPSA) is 79.8 Å². The number of hydrogen-bond acceptors (Lipinski definition) is 5. The number of aryl methyl sites for hydroxylation is 1. The van der Waals surface area contributed by atoms with Crippen LogP contribution in [0.4, 0.5) is 11.6 Å². The quantitative estimate of drug-likeness (QED) is 0.731. The van der Waals surface area contributed by atoms with E-state index in [2.05, 4.69) is 25.6 Å². The van der Waals surface area contributed by atoms with Crippen LogP contribution in [-0.4, -0.2) is 20.9 Å². The first-order chi connectivity index (χ1) is 12.1. The molecule has 126 valence electrons. The summed E-state index contributed by atoms with van der Waals surface area (Å²) in [5.41, 5.74) is 2.68. The average Bonchev–Trinajstić information content (AvgIpc) is 2.64. The first kappa shape index (κ1) is 16.9. The fourth-order valence-electron chi connectivity index (χ4n) is 2.11. The molecule has 0 radical (unpaired) electrons. The van der Waals surface area contributed by atoms with Crippen molar-refractivity contribution < 1.29 is 4.79 Å². The fourth-order valence-corrected chi connectivity index (χ4v) is 2.29. The van der Waals surface area contributed by atoms with E-state index in [1.165, 1.54) is 6.20 Å². The Balaban J connectivity index is 1.67. The zero-order valence-electron chi connectivity index (χ0n) is 13.5. The standard InChI is InChI=1S/C18H16ClN5O/c1-12-5-6-13(10-15(12)19)23-17(25)16-7-9-21-18(24-16)22-11-14-4-2-3-8-20-14/h2-10H,11H2,1H3,(H,23,25)(H,21,22,24). The number of halogens is 1. The minimum absolute atomic E-state index is 0.259. The van der Waals surface area contributed by atoms with Crippen LogP contribution in [0.5, 0.6) is 0 Å². The largest absolute Gasteiger partial charge is 0.349 e. The van der Waals surface area contributed by atoms with Crippen LogP contribution in [0, 0.1) is 6.92 Å². The van der Waals surface area contributed by atoms with E-state index < -0.39 is 0 Å². The minimum Gasteiger partial charge on any atom is -0.349 e. The minimum atomic E-state index is -0.330. The number of pyridine rings is 1. The number of aromatic nitrogens is 3. The lowest BCUT2D eigenvalue weighted by Crippen LogP contribution is -2.15. The van der Waals surface area contributed by atoms with Crippen LogP contribution in [0.15, 0.2) is 54.9 Å². The summed E-state index contributed by atoms with van der Waals surface area (Å²) < 4.78 is 0. The SMILES string of the molecule is Cc1ccc(NC(=O)c2ccnc(NCc3ccccn3)n2)cc1Cl. The second-order valence-corrected chi connectivity index (χ2v) is 5.77. The Hall–Kier alpha value is -2.99. The van der Waals surface area contributed by atoms with Crippen molar-refractivity contribution in [2.75, 3.05) is 10.6 Å². The molecule has 2 N–H and O–H groups in total. The van der Waals surface area contributed by atoms with Crippen molar-refractivity contribution in [2.24, 2.45) is 0 Å². The van der Waals surface area contributed by atoms with E-state index in [0.29, 0.717) is 23.2 Å². The van der Waals surface area contributed by atoms with Crippen LogP contribution in [-0.2, 0) is 6.54 Å². The van der Waals surface area contributed by atoms with Crippen LogP contribution < -0.4 is 10.6 Å². The van der Waals surface area contributed by atoms with Crippen LogP contribution in [0.2, 0.25) is 5.02 Å². The van der Waals surface area contributed by atoms with Crippen molar-refractivity contribution in [3.8, 4) is 0 Å². The van der Waals surface area contributed by atoms with Crippen LogP contribution in [0.25, 0.3) is 0 Å². The third-order valence-electron chi connectivity index (χ3n) is 3.47. The molecule has 3 rings (SSSR count). The molecule has 25 heavy (non-hydrogen) atoms. The van der Waals surface area contributed by atoms with Crippen molar-refractivity contribution in [2.45, 2.75) is 13.5 Å². The molecule has 0 bridgehead atoms. The number of carbonyl (C=O) groups excluding carboxylic acids is 1. The lowest BCUT2D eigenvalue weighted by Gasteiger charge is -2.08. The van der Waals surface area contributed by atoms with Gasteiger partial charge in [-0.05, 0) is 42.8 Å². The van der Waals surface area contributed by atoms with Gasteiger partial charge < -0.3 is 10.6 Å². The van der Waals surface area contributed by atoms with Gasteiger partial charge in [-0.3, -0.25) is 9.78 Å². The third kappa shape index (κ3) is 4.51. The summed E-state index contributed by atoms with van der Waals surface area (Å²) in [6.07, 6.45) is 3.25. The second-order valence-electron chi connectivity index (χ2n) is 5.36. The van der Waals surface area contributed by atoms with Crippen molar-refractivity contribution in [3.05, 3.63) is 76.8 Å². The number of nitrogens with one attached hydrogen (secondary N) is 2. The Morgan fingerprint density at radius 1 is 1.12 bits per heavy atom. The van der Waals surface area contributed by atoms with Gasteiger partial charge in [-0.2, -0.15) is 0 Å². The predicted octanol–water partition coefficient (Wildman–Crippen LogP) is 3.70. The van der Waals surface area contributed by atoms with E-state index in [9.17, 15) is 4.79 Å². The normalized spacial score (nSPS) is 10.3. The molecule has 0 saturated carbocycles. The maximum absolute atomic E-state index is 12.4. The highest BCUT2D eigenvalue weighted by molar-refractivity contribution is 6.31. The zero-order valence-corrected chi connectivity index (χ0v) is 14.3. The van der Waals surface area contributed by atoms with Crippen LogP contribution >= 0.6 is 11.6 Å². The van der Waals surface area contributed by atoms with E-state index in [1.807, 2.05) is 31.2 Å². The number of nitrogens with zero attached hydrogens (tertiary/aromatic N) is 3. The van der Waals surface area contributed by atoms with E-state index in [-0.39, 0.29) is 11.6 Å². The molecule has 1 aromatic carbocycles. The van der Waals surface area contributed by atoms with Gasteiger partial charge >= 0.3 is 0 Å². The molecule has 0 aliphatic carbocycles. The maximum Gasteiger partial charge on any atom is 0.274 e. The highest BCUT2D eigenvalue weighted by Gasteiger charge is 2.10. The highest BCUT2D eigenvalue weighted by Crippen LogP contribution is 2.20. The molecular formula is C18H16ClN5O. The molecule has 0 spiro atoms. The average molecular weight is 354 g/mol. The summed E-state index contributed by atoms with van der Waals surface area (Å²) in [4.78, 5) is 24.9. The fraction of sp³-hybridized carbons (Fsp3) is 0.111. The van der Waals surface area contributed by atoms with E-state index in [0.717, 1.165) is 11.3 Å². The Labute approximate surface area is 150 Å². The number of benzene rings is 1. The number of hydrogen-bond donors (Lipinski definition) is 2. The van der Waals surface area contributed by atoms with Crippen molar-refractivity contribution in [1.29, 1.82) is 0 Å². The highest BCUT2D eigenvalue weighted by atomic mass is 35.5. The Morgan fingerprint density at radius 2 is 2.00 bits per heavy atom. The first-order valence-electron chi connectivity index (χ1n) is 7.66. The molecule has 0 atom stereocenters. The Morgan fingerprint density at radius 3 is 2.76 bits per heavy atom. The summed E-state index contributed by atoms with van der Waals surface area (Å²) in [5.74, 6) is 0.0310. The lowest BCUT2D eigenvalue weighted by atomic mass is 10.2. The van der Waals surface area contributed by atoms with Gasteiger partial charge in [0.05, 0.1) is 12.2 Å². The molecule has 0 unspecified atom stereocenters. The predicted molar refractivity (Wildman–Crippen MR) is 97.7 cm³/mol. The van der Waals surface area contributed by atoms with Crippen molar-refractivity contribution in [1.82, 2.24) is 15.0 Å². The van der Waals surface area contributed by atoms with Gasteiger partial charge in [0.15, 0.2) is 0 Å².